The number of hydrogen-bond donors (Lipinski definition) is 0. The molecule has 0 bridgehead atoms. The van der Waals surface area contributed by atoms with Crippen LogP contribution >= 0.6 is 12.1 Å². The molecule has 0 unspecified atom stereocenters. The topological polar surface area (TPSA) is 0 Å². The minimum Gasteiger partial charge on any atom is -0.160 e. The lowest BCUT2D eigenvalue weighted by molar-refractivity contribution is 0.916. The third kappa shape index (κ3) is 4.94. The summed E-state index contributed by atoms with van der Waals surface area (Å²) in [5, 5.41) is 0. The largest absolute Gasteiger partial charge is 0.160 e. The van der Waals surface area contributed by atoms with E-state index in [9.17, 15) is 3.89 Å². The molecule has 0 saturated heterocycles. The predicted molar refractivity (Wildman–Crippen MR) is 58.8 cm³/mol. The maximum absolute atomic E-state index is 12.0. The fraction of sp³-hybridized carbons (Fsp3) is 0.455. The van der Waals surface area contributed by atoms with E-state index in [1.54, 1.807) is 0 Å². The van der Waals surface area contributed by atoms with Crippen molar-refractivity contribution in [3.05, 3.63) is 29.8 Å². The van der Waals surface area contributed by atoms with Gasteiger partial charge in [0.25, 0.3) is 0 Å². The van der Waals surface area contributed by atoms with Crippen molar-refractivity contribution in [1.82, 2.24) is 0 Å². The van der Waals surface area contributed by atoms with E-state index in [1.807, 2.05) is 38.1 Å². The first-order valence-electron chi connectivity index (χ1n) is 4.74. The Morgan fingerprint density at radius 3 is 2.08 bits per heavy atom. The van der Waals surface area contributed by atoms with Crippen LogP contribution in [0.4, 0.5) is 3.89 Å². The van der Waals surface area contributed by atoms with Gasteiger partial charge in [-0.3, -0.25) is 0 Å². The predicted octanol–water partition coefficient (Wildman–Crippen LogP) is 4.64. The van der Waals surface area contributed by atoms with Gasteiger partial charge < -0.3 is 0 Å². The molecular weight excluding hydrogens is 183 g/mol. The minimum absolute atomic E-state index is 0.296. The first kappa shape index (κ1) is 12.5. The van der Waals surface area contributed by atoms with E-state index in [-0.39, 0.29) is 0 Å². The van der Waals surface area contributed by atoms with Gasteiger partial charge in [-0.25, -0.2) is 0 Å². The Morgan fingerprint density at radius 2 is 1.69 bits per heavy atom. The Morgan fingerprint density at radius 1 is 1.15 bits per heavy atom. The van der Waals surface area contributed by atoms with Crippen LogP contribution in [0.5, 0.6) is 0 Å². The summed E-state index contributed by atoms with van der Waals surface area (Å²) in [4.78, 5) is 0.685. The first-order valence-corrected chi connectivity index (χ1v) is 5.46. The molecule has 0 spiro atoms. The normalized spacial score (nSPS) is 8.92. The van der Waals surface area contributed by atoms with Gasteiger partial charge in [0.05, 0.1) is 12.1 Å². The highest BCUT2D eigenvalue weighted by Gasteiger charge is 1.92. The number of halogens is 1. The molecule has 0 nitrogen and oxygen atoms in total. The highest BCUT2D eigenvalue weighted by Crippen LogP contribution is 2.18. The van der Waals surface area contributed by atoms with E-state index >= 15 is 0 Å². The van der Waals surface area contributed by atoms with Gasteiger partial charge in [-0.05, 0) is 24.1 Å². The summed E-state index contributed by atoms with van der Waals surface area (Å²) in [6.07, 6.45) is 2.22. The number of hydrogen-bond acceptors (Lipinski definition) is 1. The van der Waals surface area contributed by atoms with E-state index in [0.717, 1.165) is 12.8 Å². The van der Waals surface area contributed by atoms with Gasteiger partial charge in [0.1, 0.15) is 0 Å². The summed E-state index contributed by atoms with van der Waals surface area (Å²) in [5.41, 5.74) is 1.28. The summed E-state index contributed by atoms with van der Waals surface area (Å²) in [6, 6.07) is 7.59. The van der Waals surface area contributed by atoms with Crippen LogP contribution in [0.15, 0.2) is 29.2 Å². The average molecular weight is 200 g/mol. The second-order valence-electron chi connectivity index (χ2n) is 2.47. The summed E-state index contributed by atoms with van der Waals surface area (Å²) in [5.74, 6) is 0. The van der Waals surface area contributed by atoms with Crippen LogP contribution in [-0.4, -0.2) is 0 Å². The molecule has 0 atom stereocenters. The van der Waals surface area contributed by atoms with Gasteiger partial charge >= 0.3 is 0 Å². The zero-order valence-corrected chi connectivity index (χ0v) is 9.33. The number of aryl methyl sites for hydroxylation is 1. The maximum Gasteiger partial charge on any atom is 0.0812 e. The standard InChI is InChI=1S/C9H11FS.C2H6/c1-2-3-8-4-6-9(11-10)7-5-8;1-2/h4-7H,2-3H2,1H3;1-2H3. The molecular formula is C11H17FS. The van der Waals surface area contributed by atoms with E-state index in [2.05, 4.69) is 6.92 Å². The fourth-order valence-corrected chi connectivity index (χ4v) is 1.24. The van der Waals surface area contributed by atoms with Crippen LogP contribution in [0.25, 0.3) is 0 Å². The molecule has 2 heteroatoms. The third-order valence-electron chi connectivity index (χ3n) is 1.55. The SMILES string of the molecule is CC.CCCc1ccc(SF)cc1. The van der Waals surface area contributed by atoms with Gasteiger partial charge in [0.2, 0.25) is 0 Å². The van der Waals surface area contributed by atoms with Crippen LogP contribution in [0.2, 0.25) is 0 Å². The summed E-state index contributed by atoms with van der Waals surface area (Å²) in [6.45, 7) is 6.14. The van der Waals surface area contributed by atoms with E-state index < -0.39 is 0 Å². The monoisotopic (exact) mass is 200 g/mol. The smallest absolute Gasteiger partial charge is 0.0812 e. The molecule has 0 heterocycles. The maximum atomic E-state index is 12.0. The van der Waals surface area contributed by atoms with E-state index in [1.165, 1.54) is 5.56 Å². The zero-order chi connectivity index (χ0) is 10.1. The second-order valence-corrected chi connectivity index (χ2v) is 3.10. The van der Waals surface area contributed by atoms with Gasteiger partial charge in [0, 0.05) is 4.90 Å². The average Bonchev–Trinajstić information content (AvgIpc) is 2.23. The Bertz CT molecular complexity index is 206. The molecule has 0 saturated carbocycles. The molecule has 13 heavy (non-hydrogen) atoms. The lowest BCUT2D eigenvalue weighted by atomic mass is 10.1. The van der Waals surface area contributed by atoms with E-state index in [0.29, 0.717) is 17.0 Å². The Labute approximate surface area is 84.8 Å². The fourth-order valence-electron chi connectivity index (χ4n) is 0.996. The molecule has 1 rings (SSSR count). The summed E-state index contributed by atoms with van der Waals surface area (Å²) in [7, 11) is 0. The van der Waals surface area contributed by atoms with Crippen molar-refractivity contribution in [2.45, 2.75) is 38.5 Å². The molecule has 0 fully saturated rings. The number of benzene rings is 1. The van der Waals surface area contributed by atoms with Crippen molar-refractivity contribution >= 4 is 12.1 Å². The van der Waals surface area contributed by atoms with Crippen molar-refractivity contribution in [2.24, 2.45) is 0 Å². The quantitative estimate of drug-likeness (QED) is 0.684. The molecule has 0 amide bonds. The summed E-state index contributed by atoms with van der Waals surface area (Å²) >= 11 is 0.296. The molecule has 0 aromatic heterocycles. The Hall–Kier alpha value is -0.500. The van der Waals surface area contributed by atoms with Crippen molar-refractivity contribution in [3.8, 4) is 0 Å². The van der Waals surface area contributed by atoms with E-state index in [4.69, 9.17) is 0 Å². The summed E-state index contributed by atoms with van der Waals surface area (Å²) < 4.78 is 12.0. The third-order valence-corrected chi connectivity index (χ3v) is 2.00. The molecule has 1 aromatic rings. The molecule has 0 aliphatic rings. The van der Waals surface area contributed by atoms with Crippen molar-refractivity contribution in [2.75, 3.05) is 0 Å². The molecule has 0 aliphatic heterocycles. The molecule has 0 aliphatic carbocycles. The molecule has 74 valence electrons. The minimum atomic E-state index is 0.296. The highest BCUT2D eigenvalue weighted by molar-refractivity contribution is 7.94. The Kier molecular flexibility index (Phi) is 7.80. The molecule has 1 aromatic carbocycles. The molecule has 0 N–H and O–H groups in total. The van der Waals surface area contributed by atoms with Crippen molar-refractivity contribution in [3.63, 3.8) is 0 Å². The van der Waals surface area contributed by atoms with Gasteiger partial charge in [-0.15, -0.1) is 0 Å². The van der Waals surface area contributed by atoms with Crippen LogP contribution in [0.3, 0.4) is 0 Å². The zero-order valence-electron chi connectivity index (χ0n) is 8.51. The highest BCUT2D eigenvalue weighted by atomic mass is 32.2. The van der Waals surface area contributed by atoms with Crippen LogP contribution in [-0.2, 0) is 6.42 Å². The van der Waals surface area contributed by atoms with Gasteiger partial charge in [-0.1, -0.05) is 39.3 Å². The van der Waals surface area contributed by atoms with Gasteiger partial charge in [-0.2, -0.15) is 3.89 Å². The lowest BCUT2D eigenvalue weighted by Crippen LogP contribution is -1.80. The first-order chi connectivity index (χ1) is 6.36. The molecule has 0 radical (unpaired) electrons. The lowest BCUT2D eigenvalue weighted by Gasteiger charge is -1.97. The van der Waals surface area contributed by atoms with Crippen molar-refractivity contribution < 1.29 is 3.89 Å². The van der Waals surface area contributed by atoms with Crippen LogP contribution < -0.4 is 0 Å². The van der Waals surface area contributed by atoms with Gasteiger partial charge in [0.15, 0.2) is 0 Å². The van der Waals surface area contributed by atoms with Crippen LogP contribution in [0, 0.1) is 0 Å². The Balaban J connectivity index is 0.000000671. The number of rotatable bonds is 3. The second kappa shape index (κ2) is 8.11. The van der Waals surface area contributed by atoms with Crippen LogP contribution in [0.1, 0.15) is 32.8 Å². The van der Waals surface area contributed by atoms with Crippen molar-refractivity contribution in [1.29, 1.82) is 0 Å².